The maximum absolute atomic E-state index is 12.1. The van der Waals surface area contributed by atoms with Gasteiger partial charge in [-0.25, -0.2) is 4.79 Å². The largest absolute Gasteiger partial charge is 0.493 e. The van der Waals surface area contributed by atoms with Gasteiger partial charge in [-0.15, -0.1) is 0 Å². The van der Waals surface area contributed by atoms with Crippen LogP contribution in [0.3, 0.4) is 0 Å². The second-order valence-electron chi connectivity index (χ2n) is 5.18. The molecule has 1 aromatic heterocycles. The number of hydrogen-bond donors (Lipinski definition) is 3. The van der Waals surface area contributed by atoms with Gasteiger partial charge in [0.15, 0.2) is 18.1 Å². The van der Waals surface area contributed by atoms with Crippen molar-refractivity contribution in [3.63, 3.8) is 0 Å². The summed E-state index contributed by atoms with van der Waals surface area (Å²) in [5, 5.41) is 38.9. The Morgan fingerprint density at radius 2 is 2.00 bits per heavy atom. The Bertz CT molecular complexity index is 1120. The average Bonchev–Trinajstić information content (AvgIpc) is 2.64. The highest BCUT2D eigenvalue weighted by Gasteiger charge is 2.27. The Hall–Kier alpha value is -4.58. The fraction of sp³-hybridized carbons (Fsp3) is 0.125. The van der Waals surface area contributed by atoms with E-state index in [9.17, 15) is 30.2 Å². The summed E-state index contributed by atoms with van der Waals surface area (Å²) in [6.45, 7) is -0.858. The number of aromatic amines is 1. The number of nitrogens with two attached hydrogens (primary N) is 1. The second-order valence-corrected chi connectivity index (χ2v) is 5.18. The van der Waals surface area contributed by atoms with Gasteiger partial charge in [-0.2, -0.15) is 10.5 Å². The third kappa shape index (κ3) is 3.51. The summed E-state index contributed by atoms with van der Waals surface area (Å²) in [4.78, 5) is 35.6. The molecule has 1 aromatic carbocycles. The molecule has 28 heavy (non-hydrogen) atoms. The van der Waals surface area contributed by atoms with Gasteiger partial charge in [0.05, 0.1) is 18.1 Å². The van der Waals surface area contributed by atoms with Gasteiger partial charge in [-0.3, -0.25) is 14.9 Å². The molecule has 2 rings (SSSR count). The highest BCUT2D eigenvalue weighted by atomic mass is 16.6. The Balaban J connectivity index is 3.03. The maximum Gasteiger partial charge on any atom is 0.341 e. The highest BCUT2D eigenvalue weighted by molar-refractivity contribution is 5.86. The van der Waals surface area contributed by atoms with E-state index in [1.165, 1.54) is 0 Å². The zero-order valence-electron chi connectivity index (χ0n) is 14.2. The molecule has 2 aromatic rings. The minimum absolute atomic E-state index is 0.239. The number of pyridine rings is 1. The molecule has 0 unspecified atom stereocenters. The summed E-state index contributed by atoms with van der Waals surface area (Å²) >= 11 is 0. The summed E-state index contributed by atoms with van der Waals surface area (Å²) in [5.41, 5.74) is 2.68. The number of H-pyrrole nitrogens is 1. The van der Waals surface area contributed by atoms with Crippen LogP contribution in [-0.4, -0.2) is 34.7 Å². The number of aromatic nitrogens is 1. The van der Waals surface area contributed by atoms with E-state index in [0.29, 0.717) is 0 Å². The van der Waals surface area contributed by atoms with Crippen molar-refractivity contribution in [2.75, 3.05) is 19.5 Å². The first-order chi connectivity index (χ1) is 13.2. The van der Waals surface area contributed by atoms with Crippen molar-refractivity contribution in [3.05, 3.63) is 43.7 Å². The number of nitro groups is 1. The van der Waals surface area contributed by atoms with Crippen LogP contribution >= 0.6 is 0 Å². The number of nitriles is 2. The Kier molecular flexibility index (Phi) is 5.47. The quantitative estimate of drug-likeness (QED) is 0.469. The molecule has 0 amide bonds. The fourth-order valence-corrected chi connectivity index (χ4v) is 2.43. The number of non-ortho nitro benzene ring substituents is 1. The number of nitrogen functional groups attached to an aromatic ring is 1. The lowest BCUT2D eigenvalue weighted by Crippen LogP contribution is -2.17. The van der Waals surface area contributed by atoms with Crippen LogP contribution in [0.1, 0.15) is 11.1 Å². The molecule has 0 spiro atoms. The molecule has 0 aliphatic carbocycles. The first kappa shape index (κ1) is 19.7. The number of nitrogens with zero attached hydrogens (tertiary/aromatic N) is 3. The summed E-state index contributed by atoms with van der Waals surface area (Å²) in [6, 6.07) is 5.22. The predicted octanol–water partition coefficient (Wildman–Crippen LogP) is 0.748. The zero-order valence-corrected chi connectivity index (χ0v) is 14.2. The van der Waals surface area contributed by atoms with E-state index in [-0.39, 0.29) is 34.0 Å². The molecule has 0 saturated carbocycles. The van der Waals surface area contributed by atoms with Crippen molar-refractivity contribution < 1.29 is 24.3 Å². The zero-order chi connectivity index (χ0) is 21.0. The Morgan fingerprint density at radius 3 is 2.50 bits per heavy atom. The van der Waals surface area contributed by atoms with E-state index in [1.54, 1.807) is 12.1 Å². The average molecular weight is 385 g/mol. The van der Waals surface area contributed by atoms with Gasteiger partial charge in [0.1, 0.15) is 29.1 Å². The third-order valence-electron chi connectivity index (χ3n) is 3.55. The Labute approximate surface area is 156 Å². The van der Waals surface area contributed by atoms with Crippen LogP contribution in [-0.2, 0) is 4.79 Å². The van der Waals surface area contributed by atoms with Gasteiger partial charge in [0.2, 0.25) is 0 Å². The van der Waals surface area contributed by atoms with Gasteiger partial charge in [0, 0.05) is 17.2 Å². The molecule has 0 atom stereocenters. The molecule has 0 fully saturated rings. The minimum atomic E-state index is -1.36. The van der Waals surface area contributed by atoms with E-state index < -0.39 is 34.3 Å². The summed E-state index contributed by atoms with van der Waals surface area (Å²) in [6.07, 6.45) is 0. The lowest BCUT2D eigenvalue weighted by molar-refractivity contribution is -0.384. The molecular formula is C16H11N5O7. The molecular weight excluding hydrogens is 374 g/mol. The molecule has 1 heterocycles. The normalized spacial score (nSPS) is 9.82. The third-order valence-corrected chi connectivity index (χ3v) is 3.55. The van der Waals surface area contributed by atoms with E-state index in [4.69, 9.17) is 20.3 Å². The van der Waals surface area contributed by atoms with E-state index in [1.807, 2.05) is 0 Å². The monoisotopic (exact) mass is 385 g/mol. The molecule has 12 heteroatoms. The van der Waals surface area contributed by atoms with Crippen molar-refractivity contribution in [2.24, 2.45) is 0 Å². The molecule has 0 radical (unpaired) electrons. The van der Waals surface area contributed by atoms with Crippen LogP contribution in [0.2, 0.25) is 0 Å². The van der Waals surface area contributed by atoms with Crippen molar-refractivity contribution in [3.8, 4) is 34.8 Å². The number of rotatable bonds is 6. The molecule has 0 bridgehead atoms. The van der Waals surface area contributed by atoms with Crippen LogP contribution in [0.25, 0.3) is 11.1 Å². The van der Waals surface area contributed by atoms with Crippen LogP contribution < -0.4 is 20.8 Å². The molecule has 4 N–H and O–H groups in total. The SMILES string of the molecule is COc1cc([N+](=O)[O-])cc(-c2c(C#N)c(N)[nH]c(=O)c2C#N)c1OCC(=O)O. The van der Waals surface area contributed by atoms with Gasteiger partial charge in [0.25, 0.3) is 11.2 Å². The first-order valence-electron chi connectivity index (χ1n) is 7.32. The van der Waals surface area contributed by atoms with Gasteiger partial charge < -0.3 is 25.3 Å². The summed E-state index contributed by atoms with van der Waals surface area (Å²) < 4.78 is 10.2. The number of ether oxygens (including phenoxy) is 2. The number of anilines is 1. The van der Waals surface area contributed by atoms with Crippen molar-refractivity contribution in [1.82, 2.24) is 4.98 Å². The smallest absolute Gasteiger partial charge is 0.341 e. The first-order valence-corrected chi connectivity index (χ1v) is 7.32. The van der Waals surface area contributed by atoms with Gasteiger partial charge >= 0.3 is 5.97 Å². The molecule has 12 nitrogen and oxygen atoms in total. The summed E-state index contributed by atoms with van der Waals surface area (Å²) in [5.74, 6) is -2.29. The standard InChI is InChI=1S/C16H11N5O7/c1-27-11-3-7(21(25)26)2-8(14(11)28-6-12(22)23)13-9(4-17)15(19)20-16(24)10(13)5-18/h2-3H,6H2,1H3,(H,22,23)(H3,19,20,24). The second kappa shape index (κ2) is 7.76. The molecule has 142 valence electrons. The highest BCUT2D eigenvalue weighted by Crippen LogP contribution is 2.44. The number of methoxy groups -OCH3 is 1. The Morgan fingerprint density at radius 1 is 1.36 bits per heavy atom. The number of nitro benzene ring substituents is 1. The van der Waals surface area contributed by atoms with Gasteiger partial charge in [-0.1, -0.05) is 0 Å². The number of aliphatic carboxylic acids is 1. The lowest BCUT2D eigenvalue weighted by Gasteiger charge is -2.16. The lowest BCUT2D eigenvalue weighted by atomic mass is 9.95. The number of carbonyl (C=O) groups is 1. The van der Waals surface area contributed by atoms with Crippen LogP contribution in [0.5, 0.6) is 11.5 Å². The number of carboxylic acids is 1. The maximum atomic E-state index is 12.1. The number of carboxylic acid groups (broad SMARTS) is 1. The fourth-order valence-electron chi connectivity index (χ4n) is 2.43. The number of nitrogens with one attached hydrogen (secondary N) is 1. The topological polar surface area (TPSA) is 205 Å². The van der Waals surface area contributed by atoms with Gasteiger partial charge in [-0.05, 0) is 0 Å². The van der Waals surface area contributed by atoms with E-state index in [0.717, 1.165) is 19.2 Å². The number of benzene rings is 1. The minimum Gasteiger partial charge on any atom is -0.493 e. The molecule has 0 aliphatic heterocycles. The van der Waals surface area contributed by atoms with Crippen molar-refractivity contribution >= 4 is 17.5 Å². The predicted molar refractivity (Wildman–Crippen MR) is 92.7 cm³/mol. The van der Waals surface area contributed by atoms with Crippen LogP contribution in [0.15, 0.2) is 16.9 Å². The van der Waals surface area contributed by atoms with Crippen molar-refractivity contribution in [2.45, 2.75) is 0 Å². The van der Waals surface area contributed by atoms with E-state index in [2.05, 4.69) is 4.98 Å². The summed E-state index contributed by atoms with van der Waals surface area (Å²) in [7, 11) is 1.15. The van der Waals surface area contributed by atoms with E-state index >= 15 is 0 Å². The van der Waals surface area contributed by atoms with Crippen LogP contribution in [0.4, 0.5) is 11.5 Å². The molecule has 0 aliphatic rings. The molecule has 0 saturated heterocycles. The van der Waals surface area contributed by atoms with Crippen molar-refractivity contribution in [1.29, 1.82) is 10.5 Å². The number of hydrogen-bond acceptors (Lipinski definition) is 9. The van der Waals surface area contributed by atoms with Crippen LogP contribution in [0, 0.1) is 32.8 Å².